The maximum Gasteiger partial charge on any atom is 0.303 e. The van der Waals surface area contributed by atoms with Gasteiger partial charge in [-0.05, 0) is 0 Å². The van der Waals surface area contributed by atoms with Crippen molar-refractivity contribution in [2.45, 2.75) is 6.92 Å². The van der Waals surface area contributed by atoms with E-state index < -0.39 is 24.4 Å². The van der Waals surface area contributed by atoms with Gasteiger partial charge in [0.25, 0.3) is 11.8 Å². The van der Waals surface area contributed by atoms with Crippen LogP contribution in [0, 0.1) is 0 Å². The van der Waals surface area contributed by atoms with E-state index in [4.69, 9.17) is 10.2 Å². The number of nitrogens with zero attached hydrogens (tertiary/aromatic N) is 2. The lowest BCUT2D eigenvalue weighted by Crippen LogP contribution is -2.29. The van der Waals surface area contributed by atoms with Crippen molar-refractivity contribution < 1.29 is 39.0 Å². The third-order valence-electron chi connectivity index (χ3n) is 1.78. The van der Waals surface area contributed by atoms with Crippen LogP contribution in [0.25, 0.3) is 0 Å². The fourth-order valence-corrected chi connectivity index (χ4v) is 0.557. The first kappa shape index (κ1) is 24.3. The van der Waals surface area contributed by atoms with Gasteiger partial charge in [0, 0.05) is 28.1 Å². The van der Waals surface area contributed by atoms with E-state index in [1.54, 1.807) is 0 Å². The summed E-state index contributed by atoms with van der Waals surface area (Å²) in [6.07, 6.45) is 0. The Labute approximate surface area is 123 Å². The summed E-state index contributed by atoms with van der Waals surface area (Å²) in [6, 6.07) is 0. The van der Waals surface area contributed by atoms with Gasteiger partial charge in [0.15, 0.2) is 6.61 Å². The molecule has 2 amide bonds. The molecule has 0 aliphatic carbocycles. The standard InChI is InChI=1S/C6H11NO4.C4H9NO3.CH4O/c1-5(8)11-4-6(9)7(2)10-3;1-5(8-2)4(7)3-6;1-2/h4H2,1-3H3;6H,3H2,1-2H3;2H,1H3. The zero-order valence-corrected chi connectivity index (χ0v) is 13.2. The van der Waals surface area contributed by atoms with E-state index in [2.05, 4.69) is 14.4 Å². The summed E-state index contributed by atoms with van der Waals surface area (Å²) < 4.78 is 4.42. The highest BCUT2D eigenvalue weighted by Gasteiger charge is 2.08. The van der Waals surface area contributed by atoms with Gasteiger partial charge in [0.2, 0.25) is 0 Å². The van der Waals surface area contributed by atoms with Crippen LogP contribution in [-0.2, 0) is 28.8 Å². The third kappa shape index (κ3) is 16.2. The Morgan fingerprint density at radius 3 is 1.57 bits per heavy atom. The van der Waals surface area contributed by atoms with Crippen LogP contribution < -0.4 is 0 Å². The Balaban J connectivity index is -0.000000286. The van der Waals surface area contributed by atoms with E-state index in [1.807, 2.05) is 0 Å². The first-order chi connectivity index (χ1) is 9.79. The molecule has 21 heavy (non-hydrogen) atoms. The molecule has 0 unspecified atom stereocenters. The summed E-state index contributed by atoms with van der Waals surface area (Å²) in [5, 5.41) is 17.1. The van der Waals surface area contributed by atoms with Crippen LogP contribution in [0.4, 0.5) is 0 Å². The van der Waals surface area contributed by atoms with Crippen LogP contribution in [0.15, 0.2) is 0 Å². The molecule has 0 saturated carbocycles. The zero-order chi connectivity index (χ0) is 17.4. The number of carbonyl (C=O) groups excluding carboxylic acids is 3. The fraction of sp³-hybridized carbons (Fsp3) is 0.727. The van der Waals surface area contributed by atoms with Crippen molar-refractivity contribution in [2.75, 3.05) is 48.6 Å². The fourth-order valence-electron chi connectivity index (χ4n) is 0.557. The second-order valence-electron chi connectivity index (χ2n) is 3.09. The number of esters is 1. The van der Waals surface area contributed by atoms with Crippen molar-refractivity contribution in [2.24, 2.45) is 0 Å². The lowest BCUT2D eigenvalue weighted by atomic mass is 10.6. The van der Waals surface area contributed by atoms with Crippen LogP contribution in [0.2, 0.25) is 0 Å². The summed E-state index contributed by atoms with van der Waals surface area (Å²) in [5.74, 6) is -1.34. The molecule has 126 valence electrons. The summed E-state index contributed by atoms with van der Waals surface area (Å²) in [7, 11) is 6.57. The van der Waals surface area contributed by atoms with E-state index in [-0.39, 0.29) is 6.61 Å². The van der Waals surface area contributed by atoms with Crippen LogP contribution >= 0.6 is 0 Å². The summed E-state index contributed by atoms with van der Waals surface area (Å²) in [4.78, 5) is 40.3. The molecule has 0 aliphatic heterocycles. The normalized spacial score (nSPS) is 8.38. The molecule has 0 rings (SSSR count). The second-order valence-corrected chi connectivity index (χ2v) is 3.09. The molecule has 0 spiro atoms. The van der Waals surface area contributed by atoms with Crippen LogP contribution in [-0.4, -0.2) is 86.8 Å². The van der Waals surface area contributed by atoms with Gasteiger partial charge in [-0.1, -0.05) is 0 Å². The van der Waals surface area contributed by atoms with Gasteiger partial charge >= 0.3 is 5.97 Å². The number of aliphatic hydroxyl groups excluding tert-OH is 2. The van der Waals surface area contributed by atoms with E-state index in [0.717, 1.165) is 17.2 Å². The quantitative estimate of drug-likeness (QED) is 0.449. The maximum atomic E-state index is 10.8. The van der Waals surface area contributed by atoms with E-state index in [0.29, 0.717) is 0 Å². The zero-order valence-electron chi connectivity index (χ0n) is 13.2. The molecular weight excluding hydrogens is 288 g/mol. The van der Waals surface area contributed by atoms with E-state index in [9.17, 15) is 14.4 Å². The average Bonchev–Trinajstić information content (AvgIpc) is 2.52. The Kier molecular flexibility index (Phi) is 18.9. The molecular formula is C11H24N2O8. The third-order valence-corrected chi connectivity index (χ3v) is 1.78. The lowest BCUT2D eigenvalue weighted by molar-refractivity contribution is -0.176. The molecule has 0 aliphatic rings. The van der Waals surface area contributed by atoms with Gasteiger partial charge in [-0.25, -0.2) is 10.1 Å². The highest BCUT2D eigenvalue weighted by Crippen LogP contribution is 1.85. The van der Waals surface area contributed by atoms with E-state index in [1.165, 1.54) is 35.2 Å². The Hall–Kier alpha value is -1.75. The maximum absolute atomic E-state index is 10.8. The van der Waals surface area contributed by atoms with Crippen molar-refractivity contribution in [1.82, 2.24) is 10.1 Å². The average molecular weight is 312 g/mol. The largest absolute Gasteiger partial charge is 0.456 e. The topological polar surface area (TPSA) is 126 Å². The summed E-state index contributed by atoms with van der Waals surface area (Å²) >= 11 is 0. The minimum atomic E-state index is -0.510. The minimum Gasteiger partial charge on any atom is -0.456 e. The molecule has 10 nitrogen and oxygen atoms in total. The molecule has 0 aromatic rings. The summed E-state index contributed by atoms with van der Waals surface area (Å²) in [6.45, 7) is 0.449. The SMILES string of the molecule is CO.CON(C)C(=O)CO.CON(C)C(=O)COC(C)=O. The van der Waals surface area contributed by atoms with Crippen LogP contribution in [0.1, 0.15) is 6.92 Å². The first-order valence-corrected chi connectivity index (χ1v) is 5.60. The number of rotatable bonds is 5. The molecule has 0 aromatic heterocycles. The van der Waals surface area contributed by atoms with Gasteiger partial charge in [-0.3, -0.25) is 24.1 Å². The van der Waals surface area contributed by atoms with Gasteiger partial charge in [0.1, 0.15) is 6.61 Å². The molecule has 0 heterocycles. The van der Waals surface area contributed by atoms with Gasteiger partial charge in [-0.2, -0.15) is 0 Å². The first-order valence-electron chi connectivity index (χ1n) is 5.60. The monoisotopic (exact) mass is 312 g/mol. The van der Waals surface area contributed by atoms with Gasteiger partial charge < -0.3 is 14.9 Å². The number of hydrogen-bond acceptors (Lipinski definition) is 8. The van der Waals surface area contributed by atoms with Crippen LogP contribution in [0.3, 0.4) is 0 Å². The molecule has 2 N–H and O–H groups in total. The molecule has 0 fully saturated rings. The molecule has 0 bridgehead atoms. The molecule has 0 saturated heterocycles. The van der Waals surface area contributed by atoms with Crippen molar-refractivity contribution in [3.63, 3.8) is 0 Å². The van der Waals surface area contributed by atoms with Crippen LogP contribution in [0.5, 0.6) is 0 Å². The van der Waals surface area contributed by atoms with Crippen molar-refractivity contribution in [3.8, 4) is 0 Å². The smallest absolute Gasteiger partial charge is 0.303 e. The molecule has 0 aromatic carbocycles. The highest BCUT2D eigenvalue weighted by molar-refractivity contribution is 5.78. The summed E-state index contributed by atoms with van der Waals surface area (Å²) in [5.41, 5.74) is 0. The van der Waals surface area contributed by atoms with Crippen molar-refractivity contribution in [1.29, 1.82) is 0 Å². The number of carbonyl (C=O) groups is 3. The predicted molar refractivity (Wildman–Crippen MR) is 71.4 cm³/mol. The van der Waals surface area contributed by atoms with Gasteiger partial charge in [-0.15, -0.1) is 0 Å². The van der Waals surface area contributed by atoms with Crippen molar-refractivity contribution >= 4 is 17.8 Å². The Morgan fingerprint density at radius 1 is 0.952 bits per heavy atom. The highest BCUT2D eigenvalue weighted by atomic mass is 16.7. The van der Waals surface area contributed by atoms with Crippen molar-refractivity contribution in [3.05, 3.63) is 0 Å². The second kappa shape index (κ2) is 16.3. The molecule has 0 atom stereocenters. The molecule has 10 heteroatoms. The number of aliphatic hydroxyl groups is 2. The number of hydroxylamine groups is 4. The Morgan fingerprint density at radius 2 is 1.33 bits per heavy atom. The van der Waals surface area contributed by atoms with E-state index >= 15 is 0 Å². The predicted octanol–water partition coefficient (Wildman–Crippen LogP) is -1.82. The molecule has 0 radical (unpaired) electrons. The minimum absolute atomic E-state index is 0.278. The number of amides is 2. The number of likely N-dealkylation sites (N-methyl/N-ethyl adjacent to an activating group) is 2. The Bertz CT molecular complexity index is 298. The number of hydrogen-bond donors (Lipinski definition) is 2. The van der Waals surface area contributed by atoms with Gasteiger partial charge in [0.05, 0.1) is 14.2 Å². The number of ether oxygens (including phenoxy) is 1. The lowest BCUT2D eigenvalue weighted by Gasteiger charge is -2.12.